The van der Waals surface area contributed by atoms with Crippen LogP contribution in [0, 0.1) is 5.92 Å². The predicted octanol–water partition coefficient (Wildman–Crippen LogP) is -3.00. The Balaban J connectivity index is 4.98. The standard InChI is InChI=1S/C15H26N4O8/c1-7(2)3-8(16)13(25)19-10(6-20)15(27)18-9(4-11(21)22)14(26)17-5-12(23)24/h7-10,20H,3-6,16H2,1-2H3,(H,17,26)(H,18,27)(H,19,25)(H,21,22)(H,23,24). The fourth-order valence-electron chi connectivity index (χ4n) is 2.03. The van der Waals surface area contributed by atoms with Gasteiger partial charge in [-0.15, -0.1) is 0 Å². The van der Waals surface area contributed by atoms with E-state index in [0.29, 0.717) is 6.42 Å². The van der Waals surface area contributed by atoms with Crippen LogP contribution >= 0.6 is 0 Å². The van der Waals surface area contributed by atoms with E-state index in [1.807, 2.05) is 19.2 Å². The van der Waals surface area contributed by atoms with Gasteiger partial charge in [-0.1, -0.05) is 13.8 Å². The number of amides is 3. The summed E-state index contributed by atoms with van der Waals surface area (Å²) in [6, 6.07) is -3.97. The topological polar surface area (TPSA) is 208 Å². The number of hydrogen-bond donors (Lipinski definition) is 7. The number of aliphatic hydroxyl groups excluding tert-OH is 1. The third-order valence-electron chi connectivity index (χ3n) is 3.30. The van der Waals surface area contributed by atoms with Crippen LogP contribution in [-0.2, 0) is 24.0 Å². The zero-order chi connectivity index (χ0) is 21.1. The molecule has 154 valence electrons. The number of hydrogen-bond acceptors (Lipinski definition) is 7. The predicted molar refractivity (Wildman–Crippen MR) is 91.3 cm³/mol. The Morgan fingerprint density at radius 1 is 0.889 bits per heavy atom. The van der Waals surface area contributed by atoms with Gasteiger partial charge in [0.15, 0.2) is 0 Å². The van der Waals surface area contributed by atoms with Gasteiger partial charge in [-0.05, 0) is 12.3 Å². The van der Waals surface area contributed by atoms with E-state index < -0.39 is 67.4 Å². The number of nitrogens with one attached hydrogen (secondary N) is 3. The maximum atomic E-state index is 12.2. The minimum absolute atomic E-state index is 0.116. The number of nitrogens with two attached hydrogens (primary N) is 1. The quantitative estimate of drug-likeness (QED) is 0.181. The molecule has 0 radical (unpaired) electrons. The molecule has 0 aromatic rings. The second-order valence-electron chi connectivity index (χ2n) is 6.25. The van der Waals surface area contributed by atoms with Crippen molar-refractivity contribution >= 4 is 29.7 Å². The van der Waals surface area contributed by atoms with Gasteiger partial charge < -0.3 is 37.0 Å². The Bertz CT molecular complexity index is 566. The first-order valence-electron chi connectivity index (χ1n) is 8.16. The van der Waals surface area contributed by atoms with Crippen LogP contribution in [0.1, 0.15) is 26.7 Å². The van der Waals surface area contributed by atoms with Gasteiger partial charge >= 0.3 is 11.9 Å². The average molecular weight is 390 g/mol. The molecule has 0 aromatic carbocycles. The molecule has 27 heavy (non-hydrogen) atoms. The van der Waals surface area contributed by atoms with Crippen LogP contribution in [0.5, 0.6) is 0 Å². The van der Waals surface area contributed by atoms with Gasteiger partial charge in [-0.25, -0.2) is 0 Å². The first-order valence-corrected chi connectivity index (χ1v) is 8.16. The van der Waals surface area contributed by atoms with E-state index in [-0.39, 0.29) is 5.92 Å². The Morgan fingerprint density at radius 2 is 1.44 bits per heavy atom. The Morgan fingerprint density at radius 3 is 1.89 bits per heavy atom. The molecule has 3 atom stereocenters. The summed E-state index contributed by atoms with van der Waals surface area (Å²) in [5.41, 5.74) is 5.68. The van der Waals surface area contributed by atoms with E-state index in [1.54, 1.807) is 0 Å². The molecule has 0 aliphatic carbocycles. The lowest BCUT2D eigenvalue weighted by molar-refractivity contribution is -0.141. The van der Waals surface area contributed by atoms with E-state index in [1.165, 1.54) is 0 Å². The molecule has 8 N–H and O–H groups in total. The molecule has 0 saturated heterocycles. The van der Waals surface area contributed by atoms with E-state index in [9.17, 15) is 29.1 Å². The molecule has 12 heteroatoms. The van der Waals surface area contributed by atoms with E-state index in [2.05, 4.69) is 10.6 Å². The second kappa shape index (κ2) is 11.8. The summed E-state index contributed by atoms with van der Waals surface area (Å²) in [4.78, 5) is 57.3. The molecule has 3 unspecified atom stereocenters. The molecule has 0 heterocycles. The Labute approximate surface area is 155 Å². The van der Waals surface area contributed by atoms with E-state index >= 15 is 0 Å². The third kappa shape index (κ3) is 10.1. The van der Waals surface area contributed by atoms with Crippen molar-refractivity contribution in [3.63, 3.8) is 0 Å². The lowest BCUT2D eigenvalue weighted by Gasteiger charge is -2.22. The van der Waals surface area contributed by atoms with Crippen molar-refractivity contribution in [2.24, 2.45) is 11.7 Å². The van der Waals surface area contributed by atoms with E-state index in [4.69, 9.17) is 15.9 Å². The summed E-state index contributed by atoms with van der Waals surface area (Å²) >= 11 is 0. The summed E-state index contributed by atoms with van der Waals surface area (Å²) in [6.07, 6.45) is -0.485. The SMILES string of the molecule is CC(C)CC(N)C(=O)NC(CO)C(=O)NC(CC(=O)O)C(=O)NCC(=O)O. The van der Waals surface area contributed by atoms with Crippen molar-refractivity contribution in [2.45, 2.75) is 44.8 Å². The number of aliphatic hydroxyl groups is 1. The molecule has 12 nitrogen and oxygen atoms in total. The number of carbonyl (C=O) groups excluding carboxylic acids is 3. The molecule has 0 bridgehead atoms. The van der Waals surface area contributed by atoms with Gasteiger partial charge in [0.05, 0.1) is 19.1 Å². The Kier molecular flexibility index (Phi) is 10.6. The van der Waals surface area contributed by atoms with Crippen LogP contribution in [0.25, 0.3) is 0 Å². The maximum Gasteiger partial charge on any atom is 0.322 e. The molecule has 0 aromatic heterocycles. The normalized spacial score (nSPS) is 14.0. The minimum Gasteiger partial charge on any atom is -0.481 e. The number of carboxylic acids is 2. The molecular formula is C15H26N4O8. The smallest absolute Gasteiger partial charge is 0.322 e. The van der Waals surface area contributed by atoms with Gasteiger partial charge in [0.25, 0.3) is 0 Å². The van der Waals surface area contributed by atoms with Crippen LogP contribution in [0.15, 0.2) is 0 Å². The largest absolute Gasteiger partial charge is 0.481 e. The van der Waals surface area contributed by atoms with Gasteiger partial charge in [0, 0.05) is 0 Å². The highest BCUT2D eigenvalue weighted by atomic mass is 16.4. The van der Waals surface area contributed by atoms with Crippen molar-refractivity contribution in [1.29, 1.82) is 0 Å². The average Bonchev–Trinajstić information content (AvgIpc) is 2.55. The molecule has 0 saturated carbocycles. The minimum atomic E-state index is -1.59. The summed E-state index contributed by atoms with van der Waals surface area (Å²) in [6.45, 7) is 2.10. The summed E-state index contributed by atoms with van der Waals surface area (Å²) in [5, 5.41) is 32.9. The van der Waals surface area contributed by atoms with Gasteiger partial charge in [-0.3, -0.25) is 24.0 Å². The molecule has 0 aliphatic rings. The second-order valence-corrected chi connectivity index (χ2v) is 6.25. The van der Waals surface area contributed by atoms with E-state index in [0.717, 1.165) is 0 Å². The molecular weight excluding hydrogens is 364 g/mol. The highest BCUT2D eigenvalue weighted by Crippen LogP contribution is 2.03. The van der Waals surface area contributed by atoms with Crippen LogP contribution in [0.3, 0.4) is 0 Å². The molecule has 0 fully saturated rings. The van der Waals surface area contributed by atoms with Crippen molar-refractivity contribution in [2.75, 3.05) is 13.2 Å². The van der Waals surface area contributed by atoms with Crippen LogP contribution in [0.2, 0.25) is 0 Å². The lowest BCUT2D eigenvalue weighted by Crippen LogP contribution is -2.57. The summed E-state index contributed by atoms with van der Waals surface area (Å²) < 4.78 is 0. The van der Waals surface area contributed by atoms with Crippen LogP contribution in [0.4, 0.5) is 0 Å². The van der Waals surface area contributed by atoms with Gasteiger partial charge in [0.1, 0.15) is 18.6 Å². The first-order chi connectivity index (χ1) is 12.5. The molecule has 3 amide bonds. The number of carbonyl (C=O) groups is 5. The summed E-state index contributed by atoms with van der Waals surface area (Å²) in [5.74, 6) is -5.40. The van der Waals surface area contributed by atoms with Gasteiger partial charge in [0.2, 0.25) is 17.7 Å². The van der Waals surface area contributed by atoms with Crippen LogP contribution < -0.4 is 21.7 Å². The van der Waals surface area contributed by atoms with Crippen molar-refractivity contribution in [3.8, 4) is 0 Å². The van der Waals surface area contributed by atoms with Crippen molar-refractivity contribution in [1.82, 2.24) is 16.0 Å². The summed E-state index contributed by atoms with van der Waals surface area (Å²) in [7, 11) is 0. The van der Waals surface area contributed by atoms with Crippen LogP contribution in [-0.4, -0.2) is 76.3 Å². The zero-order valence-corrected chi connectivity index (χ0v) is 15.1. The lowest BCUT2D eigenvalue weighted by atomic mass is 10.0. The fraction of sp³-hybridized carbons (Fsp3) is 0.667. The molecule has 0 rings (SSSR count). The fourth-order valence-corrected chi connectivity index (χ4v) is 2.03. The number of rotatable bonds is 12. The maximum absolute atomic E-state index is 12.2. The zero-order valence-electron chi connectivity index (χ0n) is 15.1. The monoisotopic (exact) mass is 390 g/mol. The van der Waals surface area contributed by atoms with Gasteiger partial charge in [-0.2, -0.15) is 0 Å². The third-order valence-corrected chi connectivity index (χ3v) is 3.30. The number of aliphatic carboxylic acids is 2. The Hall–Kier alpha value is -2.73. The van der Waals surface area contributed by atoms with Crippen molar-refractivity contribution < 1.29 is 39.3 Å². The van der Waals surface area contributed by atoms with Crippen molar-refractivity contribution in [3.05, 3.63) is 0 Å². The highest BCUT2D eigenvalue weighted by Gasteiger charge is 2.29. The molecule has 0 spiro atoms. The number of carboxylic acid groups (broad SMARTS) is 2. The first kappa shape index (κ1) is 24.3. The molecule has 0 aliphatic heterocycles. The highest BCUT2D eigenvalue weighted by molar-refractivity contribution is 5.95.